The number of hydrogen-bond acceptors (Lipinski definition) is 4. The highest BCUT2D eigenvalue weighted by atomic mass is 35.5. The van der Waals surface area contributed by atoms with Gasteiger partial charge in [0.2, 0.25) is 0 Å². The van der Waals surface area contributed by atoms with E-state index >= 15 is 0 Å². The quantitative estimate of drug-likeness (QED) is 0.0793. The van der Waals surface area contributed by atoms with Crippen molar-refractivity contribution in [3.05, 3.63) is 28.3 Å². The van der Waals surface area contributed by atoms with Gasteiger partial charge in [-0.25, -0.2) is 14.3 Å². The topological polar surface area (TPSA) is 61.4 Å². The van der Waals surface area contributed by atoms with Gasteiger partial charge < -0.3 is 15.3 Å². The molecule has 0 saturated heterocycles. The van der Waals surface area contributed by atoms with Crippen LogP contribution in [0.3, 0.4) is 0 Å². The first kappa shape index (κ1) is 47.2. The largest absolute Gasteiger partial charge is 0.387 e. The standard InChI is InChI=1S/C17H36.C10H12ClF2N.C8H19NO.C2H4O/c1-6-10-16(11-7-2)17(12-8-3)14-13-15(5)9-4;1-6-4-7(10(2,12)13)9(14-3)8(11)5-6;1-3-4-5-6-8(2)7-9-10;1-2-3/h15-17H,6-14H2,1-5H3;4-5,14H,1-3H3;8-10H,3-7H2,1-2H3;2H,1H3. The van der Waals surface area contributed by atoms with Crippen molar-refractivity contribution in [3.63, 3.8) is 0 Å². The maximum Gasteiger partial charge on any atom is 0.272 e. The van der Waals surface area contributed by atoms with E-state index in [2.05, 4.69) is 59.3 Å². The van der Waals surface area contributed by atoms with Crippen molar-refractivity contribution in [1.82, 2.24) is 5.48 Å². The Morgan fingerprint density at radius 2 is 1.36 bits per heavy atom. The van der Waals surface area contributed by atoms with Gasteiger partial charge in [0, 0.05) is 26.1 Å². The summed E-state index contributed by atoms with van der Waals surface area (Å²) >= 11 is 5.85. The number of carbonyl (C=O) groups is 1. The van der Waals surface area contributed by atoms with Gasteiger partial charge in [0.15, 0.2) is 0 Å². The Balaban J connectivity index is -0.000000563. The predicted octanol–water partition coefficient (Wildman–Crippen LogP) is 12.6. The molecule has 0 aromatic heterocycles. The molecule has 7 heteroatoms. The van der Waals surface area contributed by atoms with E-state index in [9.17, 15) is 8.78 Å². The lowest BCUT2D eigenvalue weighted by atomic mass is 9.78. The number of benzene rings is 1. The molecule has 4 nitrogen and oxygen atoms in total. The molecule has 0 aliphatic heterocycles. The van der Waals surface area contributed by atoms with Gasteiger partial charge in [-0.1, -0.05) is 131 Å². The third kappa shape index (κ3) is 25.0. The summed E-state index contributed by atoms with van der Waals surface area (Å²) in [7, 11) is 1.58. The Labute approximate surface area is 276 Å². The minimum absolute atomic E-state index is 0.0648. The summed E-state index contributed by atoms with van der Waals surface area (Å²) in [6.45, 7) is 20.9. The zero-order chi connectivity index (χ0) is 34.6. The Kier molecular flexibility index (Phi) is 32.6. The molecule has 0 spiro atoms. The SMILES string of the molecule is CC=O.CCCC(CCC)C(CCC)CCC(C)CC.CCCCCC(C)CNO.CNc1c(Cl)cc(C)cc1C(C)(F)F. The Morgan fingerprint density at radius 3 is 1.75 bits per heavy atom. The van der Waals surface area contributed by atoms with E-state index in [1.807, 2.05) is 0 Å². The lowest BCUT2D eigenvalue weighted by Gasteiger charge is -2.27. The molecular formula is C37H71ClF2N2O2. The first-order valence-corrected chi connectivity index (χ1v) is 17.8. The molecule has 44 heavy (non-hydrogen) atoms. The molecule has 1 aromatic rings. The molecule has 3 atom stereocenters. The molecule has 262 valence electrons. The summed E-state index contributed by atoms with van der Waals surface area (Å²) in [6.07, 6.45) is 18.6. The van der Waals surface area contributed by atoms with Crippen molar-refractivity contribution in [2.24, 2.45) is 23.7 Å². The monoisotopic (exact) mass is 649 g/mol. The fourth-order valence-corrected chi connectivity index (χ4v) is 5.76. The van der Waals surface area contributed by atoms with Crippen molar-refractivity contribution >= 4 is 23.6 Å². The highest BCUT2D eigenvalue weighted by molar-refractivity contribution is 6.33. The average Bonchev–Trinajstić information content (AvgIpc) is 2.95. The van der Waals surface area contributed by atoms with E-state index in [0.29, 0.717) is 16.6 Å². The van der Waals surface area contributed by atoms with Crippen LogP contribution >= 0.6 is 11.6 Å². The van der Waals surface area contributed by atoms with Gasteiger partial charge >= 0.3 is 0 Å². The van der Waals surface area contributed by atoms with Crippen LogP contribution in [0.25, 0.3) is 0 Å². The number of unbranched alkanes of at least 4 members (excludes halogenated alkanes) is 2. The third-order valence-electron chi connectivity index (χ3n) is 8.07. The van der Waals surface area contributed by atoms with Crippen LogP contribution in [-0.4, -0.2) is 25.1 Å². The molecule has 0 radical (unpaired) electrons. The second-order valence-electron chi connectivity index (χ2n) is 12.5. The lowest BCUT2D eigenvalue weighted by molar-refractivity contribution is -0.106. The predicted molar refractivity (Wildman–Crippen MR) is 191 cm³/mol. The van der Waals surface area contributed by atoms with Crippen LogP contribution in [0.1, 0.15) is 157 Å². The van der Waals surface area contributed by atoms with Crippen LogP contribution in [0.5, 0.6) is 0 Å². The van der Waals surface area contributed by atoms with E-state index in [1.54, 1.807) is 20.0 Å². The molecule has 0 aliphatic carbocycles. The molecule has 0 aliphatic rings. The van der Waals surface area contributed by atoms with Crippen molar-refractivity contribution in [2.45, 2.75) is 159 Å². The fraction of sp³-hybridized carbons (Fsp3) is 0.811. The minimum Gasteiger partial charge on any atom is -0.387 e. The van der Waals surface area contributed by atoms with E-state index in [-0.39, 0.29) is 5.56 Å². The first-order chi connectivity index (χ1) is 20.8. The van der Waals surface area contributed by atoms with E-state index in [4.69, 9.17) is 21.6 Å². The summed E-state index contributed by atoms with van der Waals surface area (Å²) in [6, 6.07) is 3.10. The number of hydroxylamine groups is 1. The second kappa shape index (κ2) is 30.4. The Hall–Kier alpha value is -1.24. The molecule has 3 N–H and O–H groups in total. The van der Waals surface area contributed by atoms with Crippen molar-refractivity contribution in [1.29, 1.82) is 0 Å². The van der Waals surface area contributed by atoms with Crippen molar-refractivity contribution < 1.29 is 18.8 Å². The highest BCUT2D eigenvalue weighted by Crippen LogP contribution is 2.38. The van der Waals surface area contributed by atoms with Crippen LogP contribution < -0.4 is 10.8 Å². The molecule has 0 bridgehead atoms. The van der Waals surface area contributed by atoms with Crippen LogP contribution in [0, 0.1) is 30.6 Å². The van der Waals surface area contributed by atoms with Gasteiger partial charge in [0.1, 0.15) is 6.29 Å². The summed E-state index contributed by atoms with van der Waals surface area (Å²) in [5.74, 6) is 0.672. The molecule has 0 saturated carbocycles. The normalized spacial score (nSPS) is 12.9. The van der Waals surface area contributed by atoms with E-state index in [0.717, 1.165) is 43.1 Å². The summed E-state index contributed by atoms with van der Waals surface area (Å²) in [4.78, 5) is 8.81. The maximum absolute atomic E-state index is 13.2. The number of rotatable bonds is 19. The second-order valence-corrected chi connectivity index (χ2v) is 12.9. The molecule has 0 heterocycles. The van der Waals surface area contributed by atoms with Gasteiger partial charge in [-0.2, -0.15) is 0 Å². The first-order valence-electron chi connectivity index (χ1n) is 17.4. The number of carbonyl (C=O) groups excluding carboxylic acids is 1. The lowest BCUT2D eigenvalue weighted by Crippen LogP contribution is -2.16. The summed E-state index contributed by atoms with van der Waals surface area (Å²) in [5.41, 5.74) is 3.15. The van der Waals surface area contributed by atoms with E-state index < -0.39 is 5.92 Å². The minimum atomic E-state index is -2.88. The zero-order valence-electron chi connectivity index (χ0n) is 30.4. The molecule has 1 rings (SSSR count). The van der Waals surface area contributed by atoms with Crippen LogP contribution in [0.15, 0.2) is 12.1 Å². The number of aldehydes is 1. The highest BCUT2D eigenvalue weighted by Gasteiger charge is 2.28. The number of alkyl halides is 2. The smallest absolute Gasteiger partial charge is 0.272 e. The Bertz CT molecular complexity index is 784. The van der Waals surface area contributed by atoms with Gasteiger partial charge in [0.25, 0.3) is 5.92 Å². The molecule has 1 aromatic carbocycles. The molecule has 0 fully saturated rings. The molecule has 0 amide bonds. The van der Waals surface area contributed by atoms with E-state index in [1.165, 1.54) is 96.5 Å². The molecule has 3 unspecified atom stereocenters. The average molecular weight is 649 g/mol. The number of halogens is 3. The third-order valence-corrected chi connectivity index (χ3v) is 8.37. The van der Waals surface area contributed by atoms with Gasteiger partial charge in [-0.05, 0) is 68.1 Å². The zero-order valence-corrected chi connectivity index (χ0v) is 31.2. The number of anilines is 1. The maximum atomic E-state index is 13.2. The number of nitrogens with one attached hydrogen (secondary N) is 2. The Morgan fingerprint density at radius 1 is 0.864 bits per heavy atom. The van der Waals surface area contributed by atoms with Crippen LogP contribution in [0.4, 0.5) is 14.5 Å². The molecular weight excluding hydrogens is 578 g/mol. The van der Waals surface area contributed by atoms with Crippen LogP contribution in [0.2, 0.25) is 5.02 Å². The summed E-state index contributed by atoms with van der Waals surface area (Å²) in [5, 5.41) is 11.4. The van der Waals surface area contributed by atoms with Crippen molar-refractivity contribution in [3.8, 4) is 0 Å². The number of aryl methyl sites for hydroxylation is 1. The van der Waals surface area contributed by atoms with Gasteiger partial charge in [0.05, 0.1) is 10.7 Å². The summed E-state index contributed by atoms with van der Waals surface area (Å²) < 4.78 is 26.3. The van der Waals surface area contributed by atoms with Gasteiger partial charge in [-0.3, -0.25) is 0 Å². The number of hydrogen-bond donors (Lipinski definition) is 3. The van der Waals surface area contributed by atoms with Crippen molar-refractivity contribution in [2.75, 3.05) is 18.9 Å². The fourth-order valence-electron chi connectivity index (χ4n) is 5.39. The van der Waals surface area contributed by atoms with Crippen LogP contribution in [-0.2, 0) is 10.7 Å². The van der Waals surface area contributed by atoms with Gasteiger partial charge in [-0.15, -0.1) is 0 Å².